The van der Waals surface area contributed by atoms with Crippen LogP contribution < -0.4 is 0 Å². The summed E-state index contributed by atoms with van der Waals surface area (Å²) in [7, 11) is 0. The van der Waals surface area contributed by atoms with Gasteiger partial charge in [0, 0.05) is 22.3 Å². The molecule has 0 heterocycles. The molecule has 0 fully saturated rings. The predicted octanol–water partition coefficient (Wildman–Crippen LogP) is 3.62. The molecular weight excluding hydrogens is 488 g/mol. The molecule has 0 aliphatic heterocycles. The summed E-state index contributed by atoms with van der Waals surface area (Å²) in [5, 5.41) is 37.0. The number of ether oxygens (including phenoxy) is 1. The number of carbonyl (C=O) groups is 2. The van der Waals surface area contributed by atoms with Crippen LogP contribution in [0.25, 0.3) is 0 Å². The highest BCUT2D eigenvalue weighted by atomic mass is 16.5. The van der Waals surface area contributed by atoms with E-state index >= 15 is 0 Å². The second-order valence-corrected chi connectivity index (χ2v) is 9.54. The van der Waals surface area contributed by atoms with Gasteiger partial charge in [0.2, 0.25) is 0 Å². The van der Waals surface area contributed by atoms with E-state index in [0.29, 0.717) is 35.3 Å². The number of carbonyl (C=O) groups excluding carboxylic acids is 2. The minimum absolute atomic E-state index is 0. The van der Waals surface area contributed by atoms with E-state index < -0.39 is 24.4 Å². The van der Waals surface area contributed by atoms with Crippen molar-refractivity contribution < 1.29 is 40.2 Å². The standard InChI is InChI=1S/C19H18O3.C10H22O4.CH4.H2O/c1-3-12(2)22-11-13-8-9-16-17(10-13)19(21)15-7-5-4-6-14(15)18(16)20;1-3-8(12)5-10(14)6-9(13)4-7(2)11;;/h4-10,12H,3,11H2,1-2H3;7-14H,3-6H2,1-2H3;1H4;1H2. The Morgan fingerprint density at radius 1 is 0.711 bits per heavy atom. The van der Waals surface area contributed by atoms with Crippen LogP contribution in [0.5, 0.6) is 0 Å². The third-order valence-electron chi connectivity index (χ3n) is 6.27. The van der Waals surface area contributed by atoms with Crippen LogP contribution in [-0.2, 0) is 11.3 Å². The Kier molecular flexibility index (Phi) is 16.1. The molecule has 0 radical (unpaired) electrons. The van der Waals surface area contributed by atoms with Gasteiger partial charge >= 0.3 is 0 Å². The molecule has 0 bridgehead atoms. The Balaban J connectivity index is 0.000000755. The van der Waals surface area contributed by atoms with Crippen LogP contribution in [0.1, 0.15) is 105 Å². The van der Waals surface area contributed by atoms with E-state index in [4.69, 9.17) is 9.84 Å². The van der Waals surface area contributed by atoms with Gasteiger partial charge in [0.15, 0.2) is 11.6 Å². The van der Waals surface area contributed by atoms with Gasteiger partial charge in [-0.15, -0.1) is 0 Å². The van der Waals surface area contributed by atoms with Crippen LogP contribution in [-0.4, -0.2) is 68.0 Å². The molecule has 0 saturated heterocycles. The molecule has 3 rings (SSSR count). The first-order chi connectivity index (χ1) is 17.1. The second kappa shape index (κ2) is 17.2. The molecule has 5 unspecified atom stereocenters. The van der Waals surface area contributed by atoms with Crippen molar-refractivity contribution >= 4 is 11.6 Å². The van der Waals surface area contributed by atoms with E-state index in [9.17, 15) is 24.9 Å². The maximum atomic E-state index is 12.6. The summed E-state index contributed by atoms with van der Waals surface area (Å²) >= 11 is 0. The van der Waals surface area contributed by atoms with Crippen molar-refractivity contribution in [2.24, 2.45) is 0 Å². The molecule has 214 valence electrons. The molecule has 8 nitrogen and oxygen atoms in total. The number of fused-ring (bicyclic) bond motifs is 2. The smallest absolute Gasteiger partial charge is 0.194 e. The maximum absolute atomic E-state index is 12.6. The Morgan fingerprint density at radius 3 is 1.74 bits per heavy atom. The van der Waals surface area contributed by atoms with Gasteiger partial charge < -0.3 is 30.6 Å². The van der Waals surface area contributed by atoms with Gasteiger partial charge in [-0.05, 0) is 63.6 Å². The zero-order valence-corrected chi connectivity index (χ0v) is 22.2. The molecule has 0 spiro atoms. The molecule has 38 heavy (non-hydrogen) atoms. The van der Waals surface area contributed by atoms with Gasteiger partial charge in [0.25, 0.3) is 0 Å². The second-order valence-electron chi connectivity index (χ2n) is 9.54. The molecule has 5 atom stereocenters. The lowest BCUT2D eigenvalue weighted by molar-refractivity contribution is 0.0212. The minimum atomic E-state index is -0.700. The molecule has 1 aliphatic rings. The normalized spacial score (nSPS) is 15.8. The number of rotatable bonds is 11. The third kappa shape index (κ3) is 10.4. The number of aliphatic hydroxyl groups is 4. The maximum Gasteiger partial charge on any atom is 0.194 e. The van der Waals surface area contributed by atoms with E-state index in [1.54, 1.807) is 43.3 Å². The zero-order valence-electron chi connectivity index (χ0n) is 22.2. The molecule has 0 saturated carbocycles. The number of aliphatic hydroxyl groups excluding tert-OH is 4. The Labute approximate surface area is 226 Å². The Bertz CT molecular complexity index is 1000. The first kappa shape index (κ1) is 35.5. The van der Waals surface area contributed by atoms with Gasteiger partial charge in [-0.2, -0.15) is 0 Å². The van der Waals surface area contributed by atoms with Crippen molar-refractivity contribution in [1.29, 1.82) is 0 Å². The molecule has 0 amide bonds. The van der Waals surface area contributed by atoms with Gasteiger partial charge in [-0.25, -0.2) is 0 Å². The van der Waals surface area contributed by atoms with Crippen molar-refractivity contribution in [1.82, 2.24) is 0 Å². The molecule has 1 aliphatic carbocycles. The highest BCUT2D eigenvalue weighted by molar-refractivity contribution is 6.28. The van der Waals surface area contributed by atoms with Gasteiger partial charge in [-0.1, -0.05) is 51.6 Å². The average molecular weight is 535 g/mol. The topological polar surface area (TPSA) is 156 Å². The van der Waals surface area contributed by atoms with Crippen molar-refractivity contribution in [3.05, 3.63) is 70.3 Å². The van der Waals surface area contributed by atoms with Crippen LogP contribution in [0.15, 0.2) is 42.5 Å². The van der Waals surface area contributed by atoms with E-state index in [1.165, 1.54) is 0 Å². The van der Waals surface area contributed by atoms with Gasteiger partial charge in [-0.3, -0.25) is 9.59 Å². The summed E-state index contributed by atoms with van der Waals surface area (Å²) in [5.41, 5.74) is 2.85. The summed E-state index contributed by atoms with van der Waals surface area (Å²) in [6.07, 6.45) is 0.00682. The van der Waals surface area contributed by atoms with Gasteiger partial charge in [0.05, 0.1) is 37.1 Å². The summed E-state index contributed by atoms with van der Waals surface area (Å²) < 4.78 is 5.70. The molecule has 6 N–H and O–H groups in total. The van der Waals surface area contributed by atoms with E-state index in [1.807, 2.05) is 19.9 Å². The minimum Gasteiger partial charge on any atom is -0.412 e. The lowest BCUT2D eigenvalue weighted by atomic mass is 9.83. The van der Waals surface area contributed by atoms with Crippen molar-refractivity contribution in [2.45, 2.75) is 104 Å². The van der Waals surface area contributed by atoms with E-state index in [2.05, 4.69) is 6.92 Å². The van der Waals surface area contributed by atoms with Crippen LogP contribution >= 0.6 is 0 Å². The molecular formula is C30H46O8. The molecule has 0 aromatic heterocycles. The zero-order chi connectivity index (χ0) is 26.8. The first-order valence-corrected chi connectivity index (χ1v) is 12.7. The van der Waals surface area contributed by atoms with Crippen molar-refractivity contribution in [3.8, 4) is 0 Å². The largest absolute Gasteiger partial charge is 0.412 e. The highest BCUT2D eigenvalue weighted by Crippen LogP contribution is 2.28. The van der Waals surface area contributed by atoms with E-state index in [-0.39, 0.29) is 49.8 Å². The number of hydrogen-bond acceptors (Lipinski definition) is 7. The van der Waals surface area contributed by atoms with Crippen LogP contribution in [0, 0.1) is 0 Å². The summed E-state index contributed by atoms with van der Waals surface area (Å²) in [6, 6.07) is 12.4. The van der Waals surface area contributed by atoms with E-state index in [0.717, 1.165) is 12.0 Å². The van der Waals surface area contributed by atoms with Gasteiger partial charge in [0.1, 0.15) is 0 Å². The quantitative estimate of drug-likeness (QED) is 0.293. The van der Waals surface area contributed by atoms with Crippen LogP contribution in [0.4, 0.5) is 0 Å². The molecule has 2 aromatic carbocycles. The summed E-state index contributed by atoms with van der Waals surface area (Å²) in [5.74, 6) is -0.171. The lowest BCUT2D eigenvalue weighted by Crippen LogP contribution is -2.24. The van der Waals surface area contributed by atoms with Crippen molar-refractivity contribution in [3.63, 3.8) is 0 Å². The SMILES string of the molecule is C.CCC(C)OCc1ccc2c(c1)C(=O)c1ccccc1C2=O.CCC(O)CC(O)CC(O)CC(C)O.O. The monoisotopic (exact) mass is 534 g/mol. The predicted molar refractivity (Wildman–Crippen MR) is 148 cm³/mol. The number of ketones is 2. The summed E-state index contributed by atoms with van der Waals surface area (Å²) in [4.78, 5) is 25.1. The Morgan fingerprint density at radius 2 is 1.21 bits per heavy atom. The Hall–Kier alpha value is -2.46. The number of hydrogen-bond donors (Lipinski definition) is 4. The molecule has 8 heteroatoms. The van der Waals surface area contributed by atoms with Crippen molar-refractivity contribution in [2.75, 3.05) is 0 Å². The van der Waals surface area contributed by atoms with Crippen LogP contribution in [0.2, 0.25) is 0 Å². The highest BCUT2D eigenvalue weighted by Gasteiger charge is 2.29. The number of benzene rings is 2. The fourth-order valence-corrected chi connectivity index (χ4v) is 3.97. The lowest BCUT2D eigenvalue weighted by Gasteiger charge is -2.18. The third-order valence-corrected chi connectivity index (χ3v) is 6.27. The average Bonchev–Trinajstić information content (AvgIpc) is 2.85. The first-order valence-electron chi connectivity index (χ1n) is 12.7. The fraction of sp³-hybridized carbons (Fsp3) is 0.533. The van der Waals surface area contributed by atoms with Crippen LogP contribution in [0.3, 0.4) is 0 Å². The summed E-state index contributed by atoms with van der Waals surface area (Å²) in [6.45, 7) is 7.96. The molecule has 2 aromatic rings. The fourth-order valence-electron chi connectivity index (χ4n) is 3.97.